The Labute approximate surface area is 121 Å². The first-order valence-corrected chi connectivity index (χ1v) is 8.77. The van der Waals surface area contributed by atoms with Crippen molar-refractivity contribution in [2.45, 2.75) is 39.2 Å². The van der Waals surface area contributed by atoms with E-state index < -0.39 is 16.0 Å². The molecule has 0 spiro atoms. The van der Waals surface area contributed by atoms with E-state index in [0.717, 1.165) is 12.8 Å². The molecule has 1 aliphatic heterocycles. The molecule has 1 unspecified atom stereocenters. The third-order valence-corrected chi connectivity index (χ3v) is 4.97. The van der Waals surface area contributed by atoms with Gasteiger partial charge in [0, 0.05) is 25.2 Å². The normalized spacial score (nSPS) is 22.1. The first-order valence-electron chi connectivity index (χ1n) is 6.92. The summed E-state index contributed by atoms with van der Waals surface area (Å²) in [6.45, 7) is 7.60. The minimum absolute atomic E-state index is 0.0150. The molecule has 7 heteroatoms. The molecule has 0 aliphatic carbocycles. The van der Waals surface area contributed by atoms with Crippen LogP contribution in [-0.4, -0.2) is 66.7 Å². The predicted molar refractivity (Wildman–Crippen MR) is 78.1 cm³/mol. The van der Waals surface area contributed by atoms with Crippen LogP contribution in [0.1, 0.15) is 33.6 Å². The topological polar surface area (TPSA) is 77.9 Å². The largest absolute Gasteiger partial charge is 0.480 e. The van der Waals surface area contributed by atoms with Gasteiger partial charge in [-0.25, -0.2) is 12.7 Å². The lowest BCUT2D eigenvalue weighted by atomic mass is 9.96. The predicted octanol–water partition coefficient (Wildman–Crippen LogP) is 0.843. The molecule has 20 heavy (non-hydrogen) atoms. The van der Waals surface area contributed by atoms with Crippen LogP contribution < -0.4 is 0 Å². The lowest BCUT2D eigenvalue weighted by Crippen LogP contribution is -2.50. The molecular weight excluding hydrogens is 280 g/mol. The molecule has 1 rings (SSSR count). The molecule has 1 heterocycles. The molecule has 0 bridgehead atoms. The summed E-state index contributed by atoms with van der Waals surface area (Å²) in [7, 11) is -3.15. The Hall–Kier alpha value is -0.660. The third-order valence-electron chi connectivity index (χ3n) is 3.70. The van der Waals surface area contributed by atoms with Crippen molar-refractivity contribution in [1.29, 1.82) is 0 Å². The highest BCUT2D eigenvalue weighted by Crippen LogP contribution is 2.23. The summed E-state index contributed by atoms with van der Waals surface area (Å²) in [6, 6.07) is 0. The number of carboxylic acid groups (broad SMARTS) is 1. The van der Waals surface area contributed by atoms with Crippen LogP contribution in [0.4, 0.5) is 0 Å². The molecule has 1 aliphatic rings. The van der Waals surface area contributed by atoms with Crippen LogP contribution >= 0.6 is 0 Å². The maximum absolute atomic E-state index is 11.6. The maximum Gasteiger partial charge on any atom is 0.317 e. The van der Waals surface area contributed by atoms with Crippen LogP contribution in [0.3, 0.4) is 0 Å². The van der Waals surface area contributed by atoms with Crippen molar-refractivity contribution >= 4 is 16.0 Å². The number of piperidine rings is 1. The lowest BCUT2D eigenvalue weighted by molar-refractivity contribution is -0.140. The molecule has 1 atom stereocenters. The number of sulfonamides is 1. The van der Waals surface area contributed by atoms with E-state index in [1.807, 2.05) is 25.7 Å². The molecule has 1 fully saturated rings. The number of hydrogen-bond acceptors (Lipinski definition) is 4. The summed E-state index contributed by atoms with van der Waals surface area (Å²) in [6.07, 6.45) is 3.01. The zero-order chi connectivity index (χ0) is 15.6. The molecule has 0 aromatic heterocycles. The Balaban J connectivity index is 2.71. The van der Waals surface area contributed by atoms with Gasteiger partial charge in [0.05, 0.1) is 12.8 Å². The maximum atomic E-state index is 11.6. The van der Waals surface area contributed by atoms with E-state index >= 15 is 0 Å². The second-order valence-electron chi connectivity index (χ2n) is 6.57. The van der Waals surface area contributed by atoms with E-state index in [2.05, 4.69) is 0 Å². The Kier molecular flexibility index (Phi) is 5.57. The number of aliphatic carboxylic acids is 1. The third kappa shape index (κ3) is 5.38. The SMILES string of the molecule is CC(C)(C)N(CC(=O)O)CC1CCCN(S(C)(=O)=O)C1. The number of carbonyl (C=O) groups is 1. The number of rotatable bonds is 5. The highest BCUT2D eigenvalue weighted by molar-refractivity contribution is 7.88. The van der Waals surface area contributed by atoms with E-state index in [-0.39, 0.29) is 18.0 Å². The van der Waals surface area contributed by atoms with Crippen LogP contribution in [0.2, 0.25) is 0 Å². The zero-order valence-corrected chi connectivity index (χ0v) is 13.6. The van der Waals surface area contributed by atoms with Gasteiger partial charge in [-0.1, -0.05) is 0 Å². The molecule has 0 amide bonds. The molecule has 0 radical (unpaired) electrons. The average Bonchev–Trinajstić information content (AvgIpc) is 2.25. The second kappa shape index (κ2) is 6.41. The standard InChI is InChI=1S/C13H26N2O4S/c1-13(2,3)14(10-12(16)17)8-11-6-5-7-15(9-11)20(4,18)19/h11H,5-10H2,1-4H3,(H,16,17). The van der Waals surface area contributed by atoms with Crippen LogP contribution in [0.5, 0.6) is 0 Å². The highest BCUT2D eigenvalue weighted by atomic mass is 32.2. The number of carboxylic acids is 1. The van der Waals surface area contributed by atoms with Gasteiger partial charge >= 0.3 is 5.97 Å². The van der Waals surface area contributed by atoms with Crippen LogP contribution in [0.25, 0.3) is 0 Å². The molecule has 0 aromatic carbocycles. The summed E-state index contributed by atoms with van der Waals surface area (Å²) in [5.41, 5.74) is -0.244. The van der Waals surface area contributed by atoms with Crippen molar-refractivity contribution in [3.63, 3.8) is 0 Å². The molecule has 118 valence electrons. The molecule has 0 saturated carbocycles. The van der Waals surface area contributed by atoms with Gasteiger partial charge < -0.3 is 5.11 Å². The van der Waals surface area contributed by atoms with Gasteiger partial charge in [-0.3, -0.25) is 9.69 Å². The van der Waals surface area contributed by atoms with E-state index in [1.165, 1.54) is 10.6 Å². The number of nitrogens with zero attached hydrogens (tertiary/aromatic N) is 2. The summed E-state index contributed by atoms with van der Waals surface area (Å²) < 4.78 is 24.7. The van der Waals surface area contributed by atoms with E-state index in [4.69, 9.17) is 5.11 Å². The second-order valence-corrected chi connectivity index (χ2v) is 8.56. The fourth-order valence-corrected chi connectivity index (χ4v) is 3.47. The van der Waals surface area contributed by atoms with Crippen molar-refractivity contribution < 1.29 is 18.3 Å². The van der Waals surface area contributed by atoms with Crippen molar-refractivity contribution in [3.05, 3.63) is 0 Å². The van der Waals surface area contributed by atoms with Crippen molar-refractivity contribution in [2.24, 2.45) is 5.92 Å². The van der Waals surface area contributed by atoms with Crippen molar-refractivity contribution in [1.82, 2.24) is 9.21 Å². The van der Waals surface area contributed by atoms with Gasteiger partial charge in [-0.05, 0) is 39.5 Å². The number of hydrogen-bond donors (Lipinski definition) is 1. The van der Waals surface area contributed by atoms with Gasteiger partial charge in [0.25, 0.3) is 0 Å². The van der Waals surface area contributed by atoms with Crippen molar-refractivity contribution in [2.75, 3.05) is 32.4 Å². The highest BCUT2D eigenvalue weighted by Gasteiger charge is 2.31. The van der Waals surface area contributed by atoms with Gasteiger partial charge in [0.2, 0.25) is 10.0 Å². The summed E-state index contributed by atoms with van der Waals surface area (Å²) in [4.78, 5) is 12.9. The van der Waals surface area contributed by atoms with Crippen LogP contribution in [0.15, 0.2) is 0 Å². The van der Waals surface area contributed by atoms with Crippen LogP contribution in [0, 0.1) is 5.92 Å². The van der Waals surface area contributed by atoms with Gasteiger partial charge in [-0.2, -0.15) is 0 Å². The molecular formula is C13H26N2O4S. The Morgan fingerprint density at radius 1 is 1.40 bits per heavy atom. The summed E-state index contributed by atoms with van der Waals surface area (Å²) in [5.74, 6) is -0.659. The first-order chi connectivity index (χ1) is 9.00. The quantitative estimate of drug-likeness (QED) is 0.814. The minimum atomic E-state index is -3.15. The Morgan fingerprint density at radius 2 is 2.00 bits per heavy atom. The fourth-order valence-electron chi connectivity index (χ4n) is 2.53. The lowest BCUT2D eigenvalue weighted by Gasteiger charge is -2.39. The first kappa shape index (κ1) is 17.4. The molecule has 0 aromatic rings. The zero-order valence-electron chi connectivity index (χ0n) is 12.8. The van der Waals surface area contributed by atoms with E-state index in [0.29, 0.717) is 19.6 Å². The summed E-state index contributed by atoms with van der Waals surface area (Å²) >= 11 is 0. The minimum Gasteiger partial charge on any atom is -0.480 e. The monoisotopic (exact) mass is 306 g/mol. The average molecular weight is 306 g/mol. The van der Waals surface area contributed by atoms with E-state index in [9.17, 15) is 13.2 Å². The molecule has 1 N–H and O–H groups in total. The van der Waals surface area contributed by atoms with Gasteiger partial charge in [-0.15, -0.1) is 0 Å². The molecule has 6 nitrogen and oxygen atoms in total. The van der Waals surface area contributed by atoms with Gasteiger partial charge in [0.1, 0.15) is 0 Å². The summed E-state index contributed by atoms with van der Waals surface area (Å²) in [5, 5.41) is 9.01. The Bertz CT molecular complexity index is 442. The fraction of sp³-hybridized carbons (Fsp3) is 0.923. The smallest absolute Gasteiger partial charge is 0.317 e. The van der Waals surface area contributed by atoms with Crippen LogP contribution in [-0.2, 0) is 14.8 Å². The van der Waals surface area contributed by atoms with Gasteiger partial charge in [0.15, 0.2) is 0 Å². The van der Waals surface area contributed by atoms with Crippen molar-refractivity contribution in [3.8, 4) is 0 Å². The Morgan fingerprint density at radius 3 is 2.45 bits per heavy atom. The van der Waals surface area contributed by atoms with E-state index in [1.54, 1.807) is 0 Å². The molecule has 1 saturated heterocycles.